The first-order valence-corrected chi connectivity index (χ1v) is 22.5. The number of unbranched alkanes of at least 4 members (excludes halogenated alkanes) is 23. The van der Waals surface area contributed by atoms with Crippen molar-refractivity contribution in [1.82, 2.24) is 0 Å². The summed E-state index contributed by atoms with van der Waals surface area (Å²) in [5, 5.41) is 0. The summed E-state index contributed by atoms with van der Waals surface area (Å²) >= 11 is 0. The van der Waals surface area contributed by atoms with E-state index in [2.05, 4.69) is 57.2 Å². The molecule has 0 amide bonds. The van der Waals surface area contributed by atoms with E-state index < -0.39 is 6.10 Å². The normalized spacial score (nSPS) is 12.3. The van der Waals surface area contributed by atoms with Crippen molar-refractivity contribution >= 4 is 17.9 Å². The van der Waals surface area contributed by atoms with Crippen LogP contribution in [0.15, 0.2) is 36.5 Å². The Hall–Kier alpha value is -2.37. The van der Waals surface area contributed by atoms with Crippen LogP contribution in [0.1, 0.15) is 226 Å². The Balaban J connectivity index is 4.29. The maximum absolute atomic E-state index is 12.6. The Bertz CT molecular complexity index is 907. The minimum Gasteiger partial charge on any atom is -0.462 e. The lowest BCUT2D eigenvalue weighted by Crippen LogP contribution is -2.30. The molecule has 0 aromatic heterocycles. The molecule has 0 saturated heterocycles. The maximum Gasteiger partial charge on any atom is 0.306 e. The second-order valence-electron chi connectivity index (χ2n) is 14.9. The summed E-state index contributed by atoms with van der Waals surface area (Å²) in [6.07, 6.45) is 47.0. The van der Waals surface area contributed by atoms with Gasteiger partial charge in [-0.25, -0.2) is 0 Å². The van der Waals surface area contributed by atoms with Gasteiger partial charge >= 0.3 is 17.9 Å². The highest BCUT2D eigenvalue weighted by molar-refractivity contribution is 5.71. The summed E-state index contributed by atoms with van der Waals surface area (Å²) in [5.41, 5.74) is 0. The molecule has 0 heterocycles. The zero-order valence-corrected chi connectivity index (χ0v) is 35.0. The lowest BCUT2D eigenvalue weighted by atomic mass is 10.1. The standard InChI is InChI=1S/C47H84O6/c1-4-7-10-13-16-19-20-21-22-23-24-25-26-29-31-34-37-40-46(49)52-43-44(53-47(50)41-38-35-32-28-18-15-12-9-6-3)42-51-45(48)39-36-33-30-27-17-14-11-8-5-2/h7,10,16,19,21-22,44H,4-6,8-9,11-15,17-18,20,23-43H2,1-3H3/b10-7-,19-16-,22-21-. The number of hydrogen-bond acceptors (Lipinski definition) is 6. The van der Waals surface area contributed by atoms with Gasteiger partial charge in [0.2, 0.25) is 0 Å². The highest BCUT2D eigenvalue weighted by Gasteiger charge is 2.19. The lowest BCUT2D eigenvalue weighted by molar-refractivity contribution is -0.167. The first kappa shape index (κ1) is 50.6. The van der Waals surface area contributed by atoms with Crippen molar-refractivity contribution in [2.45, 2.75) is 232 Å². The van der Waals surface area contributed by atoms with Gasteiger partial charge in [0.15, 0.2) is 6.10 Å². The van der Waals surface area contributed by atoms with Crippen molar-refractivity contribution in [2.24, 2.45) is 0 Å². The Morgan fingerprint density at radius 3 is 1.15 bits per heavy atom. The second kappa shape index (κ2) is 42.4. The lowest BCUT2D eigenvalue weighted by Gasteiger charge is -2.18. The zero-order valence-electron chi connectivity index (χ0n) is 35.0. The van der Waals surface area contributed by atoms with Gasteiger partial charge in [-0.1, -0.05) is 192 Å². The van der Waals surface area contributed by atoms with E-state index >= 15 is 0 Å². The average molecular weight is 745 g/mol. The predicted octanol–water partition coefficient (Wildman–Crippen LogP) is 14.2. The molecule has 0 aromatic carbocycles. The van der Waals surface area contributed by atoms with Crippen LogP contribution >= 0.6 is 0 Å². The molecule has 6 heteroatoms. The molecule has 0 aliphatic heterocycles. The minimum atomic E-state index is -0.767. The molecule has 1 unspecified atom stereocenters. The molecule has 308 valence electrons. The van der Waals surface area contributed by atoms with Crippen molar-refractivity contribution in [1.29, 1.82) is 0 Å². The van der Waals surface area contributed by atoms with Gasteiger partial charge in [-0.3, -0.25) is 14.4 Å². The third-order valence-corrected chi connectivity index (χ3v) is 9.66. The fourth-order valence-corrected chi connectivity index (χ4v) is 6.28. The van der Waals surface area contributed by atoms with Crippen LogP contribution in [0.25, 0.3) is 0 Å². The summed E-state index contributed by atoms with van der Waals surface area (Å²) in [7, 11) is 0. The number of carbonyl (C=O) groups is 3. The van der Waals surface area contributed by atoms with Crippen LogP contribution in [-0.4, -0.2) is 37.2 Å². The monoisotopic (exact) mass is 745 g/mol. The van der Waals surface area contributed by atoms with E-state index in [1.54, 1.807) is 0 Å². The molecule has 53 heavy (non-hydrogen) atoms. The molecule has 6 nitrogen and oxygen atoms in total. The van der Waals surface area contributed by atoms with Gasteiger partial charge in [-0.05, 0) is 51.4 Å². The first-order chi connectivity index (χ1) is 26.0. The maximum atomic E-state index is 12.6. The van der Waals surface area contributed by atoms with Crippen molar-refractivity contribution in [3.8, 4) is 0 Å². The molecule has 0 rings (SSSR count). The second-order valence-corrected chi connectivity index (χ2v) is 14.9. The molecular formula is C47H84O6. The molecular weight excluding hydrogens is 661 g/mol. The first-order valence-electron chi connectivity index (χ1n) is 22.5. The molecule has 0 spiro atoms. The summed E-state index contributed by atoms with van der Waals surface area (Å²) in [4.78, 5) is 37.6. The number of ether oxygens (including phenoxy) is 3. The van der Waals surface area contributed by atoms with E-state index in [-0.39, 0.29) is 31.1 Å². The fourth-order valence-electron chi connectivity index (χ4n) is 6.28. The van der Waals surface area contributed by atoms with Gasteiger partial charge in [0.25, 0.3) is 0 Å². The number of hydrogen-bond donors (Lipinski definition) is 0. The number of allylic oxidation sites excluding steroid dienone is 6. The van der Waals surface area contributed by atoms with Crippen molar-refractivity contribution in [3.63, 3.8) is 0 Å². The van der Waals surface area contributed by atoms with Gasteiger partial charge in [0.05, 0.1) is 0 Å². The summed E-state index contributed by atoms with van der Waals surface area (Å²) < 4.78 is 16.6. The van der Waals surface area contributed by atoms with Gasteiger partial charge < -0.3 is 14.2 Å². The van der Waals surface area contributed by atoms with Crippen molar-refractivity contribution in [3.05, 3.63) is 36.5 Å². The molecule has 0 aliphatic rings. The SMILES string of the molecule is CC/C=C\C/C=C\C/C=C\CCCCCCCCCC(=O)OCC(COC(=O)CCCCCCCCCCC)OC(=O)CCCCCCCCCCC. The minimum absolute atomic E-state index is 0.0726. The molecule has 0 radical (unpaired) electrons. The van der Waals surface area contributed by atoms with Crippen LogP contribution in [0.2, 0.25) is 0 Å². The van der Waals surface area contributed by atoms with E-state index in [4.69, 9.17) is 14.2 Å². The third-order valence-electron chi connectivity index (χ3n) is 9.66. The van der Waals surface area contributed by atoms with Crippen LogP contribution in [-0.2, 0) is 28.6 Å². The summed E-state index contributed by atoms with van der Waals surface area (Å²) in [6.45, 7) is 6.47. The molecule has 0 aliphatic carbocycles. The number of rotatable bonds is 40. The molecule has 0 fully saturated rings. The zero-order chi connectivity index (χ0) is 38.7. The van der Waals surface area contributed by atoms with Crippen molar-refractivity contribution < 1.29 is 28.6 Å². The van der Waals surface area contributed by atoms with E-state index in [1.807, 2.05) is 0 Å². The Kier molecular flexibility index (Phi) is 40.5. The van der Waals surface area contributed by atoms with Crippen LogP contribution in [0.5, 0.6) is 0 Å². The summed E-state index contributed by atoms with van der Waals surface area (Å²) in [5.74, 6) is -0.886. The molecule has 0 N–H and O–H groups in total. The van der Waals surface area contributed by atoms with E-state index in [0.29, 0.717) is 19.3 Å². The Labute approximate surface area is 327 Å². The van der Waals surface area contributed by atoms with Gasteiger partial charge in [-0.15, -0.1) is 0 Å². The quantitative estimate of drug-likeness (QED) is 0.0269. The van der Waals surface area contributed by atoms with Gasteiger partial charge in [0, 0.05) is 19.3 Å². The van der Waals surface area contributed by atoms with Gasteiger partial charge in [-0.2, -0.15) is 0 Å². The molecule has 1 atom stereocenters. The predicted molar refractivity (Wildman–Crippen MR) is 224 cm³/mol. The fraction of sp³-hybridized carbons (Fsp3) is 0.809. The van der Waals surface area contributed by atoms with Crippen LogP contribution in [0.3, 0.4) is 0 Å². The van der Waals surface area contributed by atoms with Gasteiger partial charge in [0.1, 0.15) is 13.2 Å². The van der Waals surface area contributed by atoms with Crippen LogP contribution in [0.4, 0.5) is 0 Å². The smallest absolute Gasteiger partial charge is 0.306 e. The van der Waals surface area contributed by atoms with E-state index in [1.165, 1.54) is 103 Å². The highest BCUT2D eigenvalue weighted by Crippen LogP contribution is 2.14. The van der Waals surface area contributed by atoms with Crippen LogP contribution in [0, 0.1) is 0 Å². The van der Waals surface area contributed by atoms with E-state index in [0.717, 1.165) is 83.5 Å². The Morgan fingerprint density at radius 2 is 0.736 bits per heavy atom. The highest BCUT2D eigenvalue weighted by atomic mass is 16.6. The number of carbonyl (C=O) groups excluding carboxylic acids is 3. The van der Waals surface area contributed by atoms with Crippen molar-refractivity contribution in [2.75, 3.05) is 13.2 Å². The third kappa shape index (κ3) is 40.6. The molecule has 0 saturated carbocycles. The summed E-state index contributed by atoms with van der Waals surface area (Å²) in [6, 6.07) is 0. The van der Waals surface area contributed by atoms with Crippen LogP contribution < -0.4 is 0 Å². The molecule has 0 bridgehead atoms. The largest absolute Gasteiger partial charge is 0.462 e. The topological polar surface area (TPSA) is 78.9 Å². The Morgan fingerprint density at radius 1 is 0.396 bits per heavy atom. The molecule has 0 aromatic rings. The number of esters is 3. The average Bonchev–Trinajstić information content (AvgIpc) is 3.15. The van der Waals surface area contributed by atoms with E-state index in [9.17, 15) is 14.4 Å².